The van der Waals surface area contributed by atoms with Crippen molar-refractivity contribution < 1.29 is 9.59 Å². The molecule has 0 bridgehead atoms. The molecule has 1 atom stereocenters. The minimum atomic E-state index is -0.129. The van der Waals surface area contributed by atoms with E-state index in [9.17, 15) is 9.59 Å². The summed E-state index contributed by atoms with van der Waals surface area (Å²) in [7, 11) is 0. The van der Waals surface area contributed by atoms with Crippen molar-refractivity contribution >= 4 is 23.6 Å². The van der Waals surface area contributed by atoms with Crippen LogP contribution in [0.15, 0.2) is 35.7 Å². The maximum absolute atomic E-state index is 12.9. The van der Waals surface area contributed by atoms with Gasteiger partial charge in [0.1, 0.15) is 0 Å². The molecule has 5 heteroatoms. The lowest BCUT2D eigenvalue weighted by molar-refractivity contribution is -0.133. The number of hydrogen-bond acceptors (Lipinski definition) is 3. The third-order valence-corrected chi connectivity index (χ3v) is 6.62. The fourth-order valence-electron chi connectivity index (χ4n) is 3.49. The van der Waals surface area contributed by atoms with Crippen molar-refractivity contribution in [1.29, 1.82) is 0 Å². The number of piperidine rings is 1. The summed E-state index contributed by atoms with van der Waals surface area (Å²) in [6, 6.07) is 6.46. The number of nitrogens with one attached hydrogen (secondary N) is 1. The lowest BCUT2D eigenvalue weighted by Crippen LogP contribution is -2.48. The van der Waals surface area contributed by atoms with Crippen molar-refractivity contribution in [3.8, 4) is 0 Å². The number of carbonyl (C=O) groups is 2. The number of thioether (sulfide) groups is 1. The largest absolute Gasteiger partial charge is 0.352 e. The molecular formula is C20H26N2O2S. The zero-order chi connectivity index (χ0) is 18.0. The Labute approximate surface area is 154 Å². The Balaban J connectivity index is 1.54. The van der Waals surface area contributed by atoms with Gasteiger partial charge in [0, 0.05) is 24.5 Å². The van der Waals surface area contributed by atoms with E-state index in [4.69, 9.17) is 0 Å². The Bertz CT molecular complexity index is 693. The quantitative estimate of drug-likeness (QED) is 0.842. The molecule has 2 aliphatic rings. The van der Waals surface area contributed by atoms with Crippen LogP contribution in [0.1, 0.15) is 30.9 Å². The lowest BCUT2D eigenvalue weighted by Gasteiger charge is -2.40. The molecule has 0 radical (unpaired) electrons. The third-order valence-electron chi connectivity index (χ3n) is 5.33. The maximum atomic E-state index is 12.9. The van der Waals surface area contributed by atoms with E-state index in [1.54, 1.807) is 11.8 Å². The van der Waals surface area contributed by atoms with Crippen LogP contribution < -0.4 is 5.32 Å². The van der Waals surface area contributed by atoms with Crippen LogP contribution in [0.3, 0.4) is 0 Å². The standard InChI is InChI=1S/C20H26N2O2S/c1-4-18(23)21-13-20(3)7-9-22(10-8-20)19(24)17-12-15-6-5-14(2)11-16(15)25-17/h4-6,11,17H,1,7-10,12-13H2,2-3H3,(H,21,23). The molecule has 1 saturated heterocycles. The number of fused-ring (bicyclic) bond motifs is 1. The highest BCUT2D eigenvalue weighted by molar-refractivity contribution is 8.01. The zero-order valence-electron chi connectivity index (χ0n) is 15.0. The van der Waals surface area contributed by atoms with E-state index in [1.165, 1.54) is 22.1 Å². The zero-order valence-corrected chi connectivity index (χ0v) is 15.8. The summed E-state index contributed by atoms with van der Waals surface area (Å²) < 4.78 is 0. The molecule has 0 aromatic heterocycles. The Morgan fingerprint density at radius 3 is 2.80 bits per heavy atom. The van der Waals surface area contributed by atoms with Gasteiger partial charge in [-0.3, -0.25) is 9.59 Å². The van der Waals surface area contributed by atoms with Crippen LogP contribution in [-0.4, -0.2) is 41.6 Å². The first-order valence-corrected chi connectivity index (χ1v) is 9.73. The average Bonchev–Trinajstić information content (AvgIpc) is 3.03. The SMILES string of the molecule is C=CC(=O)NCC1(C)CCN(C(=O)C2Cc3ccc(C)cc3S2)CC1. The highest BCUT2D eigenvalue weighted by atomic mass is 32.2. The van der Waals surface area contributed by atoms with Crippen LogP contribution in [0.5, 0.6) is 0 Å². The molecule has 1 aromatic rings. The van der Waals surface area contributed by atoms with Crippen molar-refractivity contribution in [2.24, 2.45) is 5.41 Å². The maximum Gasteiger partial charge on any atom is 0.243 e. The molecule has 3 rings (SSSR count). The minimum Gasteiger partial charge on any atom is -0.352 e. The van der Waals surface area contributed by atoms with Gasteiger partial charge < -0.3 is 10.2 Å². The molecule has 0 spiro atoms. The number of nitrogens with zero attached hydrogens (tertiary/aromatic N) is 1. The fraction of sp³-hybridized carbons (Fsp3) is 0.500. The second-order valence-corrected chi connectivity index (χ2v) is 8.72. The van der Waals surface area contributed by atoms with Crippen LogP contribution in [0.4, 0.5) is 0 Å². The van der Waals surface area contributed by atoms with Crippen molar-refractivity contribution in [3.63, 3.8) is 0 Å². The molecule has 2 heterocycles. The first-order chi connectivity index (χ1) is 11.9. The summed E-state index contributed by atoms with van der Waals surface area (Å²) in [5, 5.41) is 2.91. The normalized spacial score (nSPS) is 21.5. The Morgan fingerprint density at radius 2 is 2.12 bits per heavy atom. The van der Waals surface area contributed by atoms with Crippen LogP contribution in [0.2, 0.25) is 0 Å². The van der Waals surface area contributed by atoms with E-state index in [2.05, 4.69) is 43.9 Å². The molecule has 1 aromatic carbocycles. The number of benzene rings is 1. The molecule has 1 N–H and O–H groups in total. The molecule has 25 heavy (non-hydrogen) atoms. The van der Waals surface area contributed by atoms with Crippen LogP contribution in [0, 0.1) is 12.3 Å². The van der Waals surface area contributed by atoms with Gasteiger partial charge in [-0.25, -0.2) is 0 Å². The highest BCUT2D eigenvalue weighted by Crippen LogP contribution is 2.39. The molecule has 1 fully saturated rings. The van der Waals surface area contributed by atoms with Gasteiger partial charge in [0.15, 0.2) is 0 Å². The molecule has 2 amide bonds. The molecule has 0 aliphatic carbocycles. The summed E-state index contributed by atoms with van der Waals surface area (Å²) in [5.41, 5.74) is 2.59. The van der Waals surface area contributed by atoms with Gasteiger partial charge in [-0.15, -0.1) is 11.8 Å². The smallest absolute Gasteiger partial charge is 0.243 e. The summed E-state index contributed by atoms with van der Waals surface area (Å²) >= 11 is 1.71. The summed E-state index contributed by atoms with van der Waals surface area (Å²) in [5.74, 6) is 0.131. The number of carbonyl (C=O) groups excluding carboxylic acids is 2. The fourth-order valence-corrected chi connectivity index (χ4v) is 4.87. The first kappa shape index (κ1) is 18.1. The molecule has 2 aliphatic heterocycles. The second-order valence-electron chi connectivity index (χ2n) is 7.48. The van der Waals surface area contributed by atoms with E-state index >= 15 is 0 Å². The van der Waals surface area contributed by atoms with Crippen molar-refractivity contribution in [2.75, 3.05) is 19.6 Å². The van der Waals surface area contributed by atoms with Gasteiger partial charge >= 0.3 is 0 Å². The van der Waals surface area contributed by atoms with Crippen LogP contribution >= 0.6 is 11.8 Å². The number of hydrogen-bond donors (Lipinski definition) is 1. The predicted octanol–water partition coefficient (Wildman–Crippen LogP) is 2.94. The molecule has 0 saturated carbocycles. The van der Waals surface area contributed by atoms with Crippen LogP contribution in [0.25, 0.3) is 0 Å². The number of likely N-dealkylation sites (tertiary alicyclic amines) is 1. The van der Waals surface area contributed by atoms with Gasteiger partial charge in [0.2, 0.25) is 11.8 Å². The number of rotatable bonds is 4. The van der Waals surface area contributed by atoms with Crippen molar-refractivity contribution in [2.45, 2.75) is 43.3 Å². The monoisotopic (exact) mass is 358 g/mol. The predicted molar refractivity (Wildman–Crippen MR) is 102 cm³/mol. The third kappa shape index (κ3) is 4.09. The summed E-state index contributed by atoms with van der Waals surface area (Å²) in [6.45, 7) is 9.93. The van der Waals surface area contributed by atoms with Gasteiger partial charge in [0.25, 0.3) is 0 Å². The average molecular weight is 359 g/mol. The Kier molecular flexibility index (Phi) is 5.23. The van der Waals surface area contributed by atoms with E-state index in [1.807, 2.05) is 4.90 Å². The number of amides is 2. The van der Waals surface area contributed by atoms with Crippen molar-refractivity contribution in [3.05, 3.63) is 42.0 Å². The lowest BCUT2D eigenvalue weighted by atomic mass is 9.80. The molecule has 134 valence electrons. The minimum absolute atomic E-state index is 0.0154. The Morgan fingerprint density at radius 1 is 1.40 bits per heavy atom. The number of aryl methyl sites for hydroxylation is 1. The Hall–Kier alpha value is -1.75. The molecular weight excluding hydrogens is 332 g/mol. The van der Waals surface area contributed by atoms with E-state index in [0.717, 1.165) is 32.4 Å². The molecule has 1 unspecified atom stereocenters. The van der Waals surface area contributed by atoms with Gasteiger partial charge in [-0.05, 0) is 49.3 Å². The van der Waals surface area contributed by atoms with E-state index < -0.39 is 0 Å². The van der Waals surface area contributed by atoms with Gasteiger partial charge in [0.05, 0.1) is 5.25 Å². The molecule has 4 nitrogen and oxygen atoms in total. The summed E-state index contributed by atoms with van der Waals surface area (Å²) in [6.07, 6.45) is 3.97. The summed E-state index contributed by atoms with van der Waals surface area (Å²) in [4.78, 5) is 27.5. The van der Waals surface area contributed by atoms with Gasteiger partial charge in [-0.2, -0.15) is 0 Å². The van der Waals surface area contributed by atoms with Gasteiger partial charge in [-0.1, -0.05) is 31.2 Å². The topological polar surface area (TPSA) is 49.4 Å². The van der Waals surface area contributed by atoms with Crippen molar-refractivity contribution in [1.82, 2.24) is 10.2 Å². The first-order valence-electron chi connectivity index (χ1n) is 8.85. The van der Waals surface area contributed by atoms with Crippen LogP contribution in [-0.2, 0) is 16.0 Å². The second kappa shape index (κ2) is 7.24. The van der Waals surface area contributed by atoms with E-state index in [0.29, 0.717) is 6.54 Å². The van der Waals surface area contributed by atoms with E-state index in [-0.39, 0.29) is 22.5 Å². The highest BCUT2D eigenvalue weighted by Gasteiger charge is 2.36.